The molecule has 24 heavy (non-hydrogen) atoms. The zero-order valence-corrected chi connectivity index (χ0v) is 13.2. The number of benzene rings is 1. The molecule has 1 N–H and O–H groups in total. The average molecular weight is 330 g/mol. The molecular weight excluding hydrogens is 315 g/mol. The van der Waals surface area contributed by atoms with Gasteiger partial charge in [-0.2, -0.15) is 5.10 Å². The van der Waals surface area contributed by atoms with E-state index in [1.165, 1.54) is 12.1 Å². The van der Waals surface area contributed by atoms with E-state index in [1.54, 1.807) is 26.0 Å². The molecule has 124 valence electrons. The Bertz CT molecular complexity index is 960. The summed E-state index contributed by atoms with van der Waals surface area (Å²) in [6.45, 7) is 3.42. The number of carbonyl (C=O) groups excluding carboxylic acids is 1. The maximum Gasteiger partial charge on any atom is 0.297 e. The summed E-state index contributed by atoms with van der Waals surface area (Å²) in [7, 11) is 0. The lowest BCUT2D eigenvalue weighted by atomic mass is 10.2. The summed E-state index contributed by atoms with van der Waals surface area (Å²) in [5.41, 5.74) is 0.995. The molecule has 0 spiro atoms. The third-order valence-electron chi connectivity index (χ3n) is 3.63. The molecule has 0 unspecified atom stereocenters. The van der Waals surface area contributed by atoms with Crippen LogP contribution in [0.25, 0.3) is 10.9 Å². The van der Waals surface area contributed by atoms with E-state index in [2.05, 4.69) is 15.6 Å². The second-order valence-corrected chi connectivity index (χ2v) is 5.41. The van der Waals surface area contributed by atoms with Crippen molar-refractivity contribution in [3.63, 3.8) is 0 Å². The highest BCUT2D eigenvalue weighted by molar-refractivity contribution is 5.82. The third-order valence-corrected chi connectivity index (χ3v) is 3.63. The van der Waals surface area contributed by atoms with Crippen LogP contribution in [0.15, 0.2) is 33.6 Å². The van der Waals surface area contributed by atoms with Crippen molar-refractivity contribution in [2.24, 2.45) is 0 Å². The Morgan fingerprint density at radius 2 is 2.00 bits per heavy atom. The smallest absolute Gasteiger partial charge is 0.297 e. The van der Waals surface area contributed by atoms with E-state index in [9.17, 15) is 14.0 Å². The van der Waals surface area contributed by atoms with Gasteiger partial charge < -0.3 is 9.84 Å². The number of halogens is 1. The largest absolute Gasteiger partial charge is 0.360 e. The van der Waals surface area contributed by atoms with E-state index in [0.29, 0.717) is 16.8 Å². The van der Waals surface area contributed by atoms with Gasteiger partial charge in [0.05, 0.1) is 11.1 Å². The molecule has 7 nitrogen and oxygen atoms in total. The molecule has 0 aliphatic heterocycles. The van der Waals surface area contributed by atoms with E-state index in [0.717, 1.165) is 10.2 Å². The average Bonchev–Trinajstić information content (AvgIpc) is 2.94. The highest BCUT2D eigenvalue weighted by atomic mass is 19.1. The van der Waals surface area contributed by atoms with Crippen molar-refractivity contribution >= 4 is 16.8 Å². The fourth-order valence-electron chi connectivity index (χ4n) is 2.44. The third kappa shape index (κ3) is 3.03. The van der Waals surface area contributed by atoms with Gasteiger partial charge in [-0.15, -0.1) is 0 Å². The van der Waals surface area contributed by atoms with Gasteiger partial charge in [-0.25, -0.2) is 9.07 Å². The van der Waals surface area contributed by atoms with Gasteiger partial charge >= 0.3 is 0 Å². The van der Waals surface area contributed by atoms with Gasteiger partial charge in [0.25, 0.3) is 5.56 Å². The molecule has 0 radical (unpaired) electrons. The number of amides is 1. The molecule has 0 bridgehead atoms. The zero-order valence-electron chi connectivity index (χ0n) is 13.2. The Hall–Kier alpha value is -3.03. The molecule has 1 aromatic carbocycles. The molecule has 0 aliphatic rings. The van der Waals surface area contributed by atoms with E-state index in [4.69, 9.17) is 4.52 Å². The highest BCUT2D eigenvalue weighted by Gasteiger charge is 2.16. The number of hydrogen-bond donors (Lipinski definition) is 1. The van der Waals surface area contributed by atoms with Crippen LogP contribution in [-0.2, 0) is 17.9 Å². The Kier molecular flexibility index (Phi) is 4.11. The van der Waals surface area contributed by atoms with Crippen molar-refractivity contribution in [1.82, 2.24) is 20.3 Å². The van der Waals surface area contributed by atoms with Crippen molar-refractivity contribution in [1.29, 1.82) is 0 Å². The lowest BCUT2D eigenvalue weighted by Gasteiger charge is -2.08. The summed E-state index contributed by atoms with van der Waals surface area (Å²) in [6.07, 6.45) is 0. The minimum Gasteiger partial charge on any atom is -0.360 e. The predicted octanol–water partition coefficient (Wildman–Crippen LogP) is 1.46. The van der Waals surface area contributed by atoms with E-state index < -0.39 is 5.56 Å². The van der Waals surface area contributed by atoms with Crippen LogP contribution in [0.5, 0.6) is 0 Å². The summed E-state index contributed by atoms with van der Waals surface area (Å²) in [5.74, 6) is -0.208. The molecule has 0 aliphatic carbocycles. The molecule has 2 aromatic heterocycles. The molecule has 3 aromatic rings. The zero-order chi connectivity index (χ0) is 17.3. The second-order valence-electron chi connectivity index (χ2n) is 5.41. The lowest BCUT2D eigenvalue weighted by Crippen LogP contribution is -2.33. The molecule has 8 heteroatoms. The minimum atomic E-state index is -0.482. The maximum atomic E-state index is 12.8. The van der Waals surface area contributed by atoms with Gasteiger partial charge in [-0.1, -0.05) is 17.3 Å². The predicted molar refractivity (Wildman–Crippen MR) is 83.8 cm³/mol. The van der Waals surface area contributed by atoms with Crippen LogP contribution < -0.4 is 10.9 Å². The van der Waals surface area contributed by atoms with Crippen molar-refractivity contribution in [3.8, 4) is 0 Å². The fourth-order valence-corrected chi connectivity index (χ4v) is 2.44. The fraction of sp³-hybridized carbons (Fsp3) is 0.250. The molecule has 0 fully saturated rings. The monoisotopic (exact) mass is 330 g/mol. The molecule has 0 saturated heterocycles. The van der Waals surface area contributed by atoms with Gasteiger partial charge in [0.15, 0.2) is 5.52 Å². The Labute approximate surface area is 136 Å². The number of rotatable bonds is 4. The number of hydrogen-bond acceptors (Lipinski definition) is 5. The standard InChI is InChI=1S/C16H15FN4O3/c1-9-14-10(2)24-20-15(14)16(23)21(19-9)8-13(22)18-7-11-3-5-12(17)6-4-11/h3-6H,7-8H2,1-2H3,(H,18,22). The minimum absolute atomic E-state index is 0.159. The summed E-state index contributed by atoms with van der Waals surface area (Å²) < 4.78 is 18.9. The van der Waals surface area contributed by atoms with Crippen molar-refractivity contribution in [2.75, 3.05) is 0 Å². The summed E-state index contributed by atoms with van der Waals surface area (Å²) in [4.78, 5) is 24.3. The molecule has 2 heterocycles. The second kappa shape index (κ2) is 6.23. The number of aryl methyl sites for hydroxylation is 2. The van der Waals surface area contributed by atoms with Crippen LogP contribution in [0, 0.1) is 19.7 Å². The van der Waals surface area contributed by atoms with Gasteiger partial charge in [0.2, 0.25) is 5.91 Å². The molecule has 3 rings (SSSR count). The summed E-state index contributed by atoms with van der Waals surface area (Å²) in [5, 5.41) is 11.1. The number of aromatic nitrogens is 3. The summed E-state index contributed by atoms with van der Waals surface area (Å²) >= 11 is 0. The van der Waals surface area contributed by atoms with Crippen molar-refractivity contribution in [3.05, 3.63) is 57.5 Å². The molecule has 0 saturated carbocycles. The van der Waals surface area contributed by atoms with Gasteiger partial charge in [0.1, 0.15) is 18.1 Å². The van der Waals surface area contributed by atoms with Crippen LogP contribution in [0.2, 0.25) is 0 Å². The van der Waals surface area contributed by atoms with Crippen LogP contribution in [0.1, 0.15) is 17.0 Å². The van der Waals surface area contributed by atoms with Gasteiger partial charge in [-0.3, -0.25) is 9.59 Å². The van der Waals surface area contributed by atoms with Crippen LogP contribution in [0.3, 0.4) is 0 Å². The quantitative estimate of drug-likeness (QED) is 0.782. The first-order valence-electron chi connectivity index (χ1n) is 7.30. The molecule has 0 atom stereocenters. The van der Waals surface area contributed by atoms with E-state index >= 15 is 0 Å². The van der Waals surface area contributed by atoms with Crippen molar-refractivity contribution in [2.45, 2.75) is 26.9 Å². The first-order chi connectivity index (χ1) is 11.5. The first kappa shape index (κ1) is 15.9. The normalized spacial score (nSPS) is 11.0. The van der Waals surface area contributed by atoms with Crippen LogP contribution >= 0.6 is 0 Å². The first-order valence-corrected chi connectivity index (χ1v) is 7.30. The lowest BCUT2D eigenvalue weighted by molar-refractivity contribution is -0.122. The molecular formula is C16H15FN4O3. The molecule has 1 amide bonds. The van der Waals surface area contributed by atoms with Gasteiger partial charge in [-0.05, 0) is 31.5 Å². The Morgan fingerprint density at radius 1 is 1.29 bits per heavy atom. The Morgan fingerprint density at radius 3 is 2.71 bits per heavy atom. The van der Waals surface area contributed by atoms with Gasteiger partial charge in [0, 0.05) is 6.54 Å². The van der Waals surface area contributed by atoms with Crippen LogP contribution in [0.4, 0.5) is 4.39 Å². The number of fused-ring (bicyclic) bond motifs is 1. The SMILES string of the molecule is Cc1nn(CC(=O)NCc2ccc(F)cc2)c(=O)c2noc(C)c12. The van der Waals surface area contributed by atoms with E-state index in [1.807, 2.05) is 0 Å². The van der Waals surface area contributed by atoms with Crippen LogP contribution in [-0.4, -0.2) is 20.8 Å². The number of carbonyl (C=O) groups is 1. The maximum absolute atomic E-state index is 12.8. The number of nitrogens with one attached hydrogen (secondary N) is 1. The number of nitrogens with zero attached hydrogens (tertiary/aromatic N) is 3. The van der Waals surface area contributed by atoms with E-state index in [-0.39, 0.29) is 30.3 Å². The highest BCUT2D eigenvalue weighted by Crippen LogP contribution is 2.16. The summed E-state index contributed by atoms with van der Waals surface area (Å²) in [6, 6.07) is 5.79. The Balaban J connectivity index is 1.75. The van der Waals surface area contributed by atoms with Crippen molar-refractivity contribution < 1.29 is 13.7 Å². The topological polar surface area (TPSA) is 90.0 Å².